The predicted molar refractivity (Wildman–Crippen MR) is 86.4 cm³/mol. The van der Waals surface area contributed by atoms with Crippen molar-refractivity contribution >= 4 is 0 Å². The number of aryl methyl sites for hydroxylation is 1. The summed E-state index contributed by atoms with van der Waals surface area (Å²) in [6, 6.07) is 17.2. The molecule has 0 unspecified atom stereocenters. The van der Waals surface area contributed by atoms with E-state index in [1.807, 2.05) is 5.01 Å². The first-order valence-corrected chi connectivity index (χ1v) is 7.40. The van der Waals surface area contributed by atoms with Gasteiger partial charge in [0.15, 0.2) is 0 Å². The van der Waals surface area contributed by atoms with Crippen LogP contribution in [0.5, 0.6) is 0 Å². The summed E-state index contributed by atoms with van der Waals surface area (Å²) in [7, 11) is 0. The molecule has 0 heterocycles. The molecule has 1 fully saturated rings. The molecule has 1 aliphatic rings. The first-order chi connectivity index (χ1) is 10.2. The first-order valence-electron chi connectivity index (χ1n) is 7.40. The van der Waals surface area contributed by atoms with Gasteiger partial charge >= 0.3 is 0 Å². The van der Waals surface area contributed by atoms with Crippen molar-refractivity contribution in [3.05, 3.63) is 70.8 Å². The van der Waals surface area contributed by atoms with Crippen molar-refractivity contribution in [2.24, 2.45) is 5.84 Å². The van der Waals surface area contributed by atoms with E-state index in [-0.39, 0.29) is 0 Å². The molecule has 21 heavy (non-hydrogen) atoms. The molecule has 0 saturated heterocycles. The Bertz CT molecular complexity index is 655. The summed E-state index contributed by atoms with van der Waals surface area (Å²) in [5.41, 5.74) is 4.58. The standard InChI is InChI=1S/C19H20N2/c1-15-2-4-16(5-3-15)6-7-17-8-10-18(11-9-17)14-21(20)19-12-13-19/h2-5,8-11,19H,12-14,20H2,1H3. The number of rotatable bonds is 3. The molecule has 2 N–H and O–H groups in total. The molecule has 2 aromatic rings. The van der Waals surface area contributed by atoms with Crippen molar-refractivity contribution in [1.29, 1.82) is 0 Å². The molecule has 0 aliphatic heterocycles. The molecule has 0 bridgehead atoms. The number of hydrogen-bond donors (Lipinski definition) is 1. The van der Waals surface area contributed by atoms with E-state index in [0.29, 0.717) is 6.04 Å². The first kappa shape index (κ1) is 13.9. The van der Waals surface area contributed by atoms with Crippen molar-refractivity contribution in [2.75, 3.05) is 0 Å². The van der Waals surface area contributed by atoms with Gasteiger partial charge in [-0.15, -0.1) is 0 Å². The van der Waals surface area contributed by atoms with E-state index in [2.05, 4.69) is 67.3 Å². The minimum atomic E-state index is 0.589. The lowest BCUT2D eigenvalue weighted by Crippen LogP contribution is -2.32. The van der Waals surface area contributed by atoms with Gasteiger partial charge in [0, 0.05) is 23.7 Å². The Hall–Kier alpha value is -2.08. The van der Waals surface area contributed by atoms with Gasteiger partial charge < -0.3 is 0 Å². The fourth-order valence-corrected chi connectivity index (χ4v) is 2.22. The minimum absolute atomic E-state index is 0.589. The number of hydrogen-bond acceptors (Lipinski definition) is 2. The number of hydrazine groups is 1. The van der Waals surface area contributed by atoms with Gasteiger partial charge in [-0.2, -0.15) is 0 Å². The number of benzene rings is 2. The zero-order valence-electron chi connectivity index (χ0n) is 12.3. The number of nitrogens with zero attached hydrogens (tertiary/aromatic N) is 1. The van der Waals surface area contributed by atoms with Gasteiger partial charge in [0.05, 0.1) is 0 Å². The van der Waals surface area contributed by atoms with Crippen LogP contribution in [0.15, 0.2) is 48.5 Å². The highest BCUT2D eigenvalue weighted by Gasteiger charge is 2.26. The third-order valence-electron chi connectivity index (χ3n) is 3.74. The lowest BCUT2D eigenvalue weighted by Gasteiger charge is -2.14. The lowest BCUT2D eigenvalue weighted by molar-refractivity contribution is 0.263. The Labute approximate surface area is 126 Å². The summed E-state index contributed by atoms with van der Waals surface area (Å²) in [5.74, 6) is 12.4. The van der Waals surface area contributed by atoms with Gasteiger partial charge in [-0.3, -0.25) is 5.84 Å². The maximum absolute atomic E-state index is 6.00. The van der Waals surface area contributed by atoms with Crippen molar-refractivity contribution in [3.63, 3.8) is 0 Å². The van der Waals surface area contributed by atoms with Crippen LogP contribution in [0, 0.1) is 18.8 Å². The third-order valence-corrected chi connectivity index (χ3v) is 3.74. The van der Waals surface area contributed by atoms with Crippen LogP contribution in [-0.2, 0) is 6.54 Å². The molecule has 106 valence electrons. The van der Waals surface area contributed by atoms with E-state index in [0.717, 1.165) is 17.7 Å². The van der Waals surface area contributed by atoms with E-state index >= 15 is 0 Å². The zero-order chi connectivity index (χ0) is 14.7. The van der Waals surface area contributed by atoms with Gasteiger partial charge in [-0.1, -0.05) is 41.7 Å². The Morgan fingerprint density at radius 2 is 1.48 bits per heavy atom. The Morgan fingerprint density at radius 1 is 0.952 bits per heavy atom. The molecule has 2 heteroatoms. The van der Waals surface area contributed by atoms with Crippen molar-refractivity contribution in [2.45, 2.75) is 32.4 Å². The molecule has 0 atom stereocenters. The Kier molecular flexibility index (Phi) is 4.06. The summed E-state index contributed by atoms with van der Waals surface area (Å²) in [4.78, 5) is 0. The molecule has 1 aliphatic carbocycles. The van der Waals surface area contributed by atoms with Crippen LogP contribution >= 0.6 is 0 Å². The monoisotopic (exact) mass is 276 g/mol. The van der Waals surface area contributed by atoms with Crippen molar-refractivity contribution in [1.82, 2.24) is 5.01 Å². The smallest absolute Gasteiger partial charge is 0.0382 e. The highest BCUT2D eigenvalue weighted by atomic mass is 15.4. The van der Waals surface area contributed by atoms with Gasteiger partial charge in [0.2, 0.25) is 0 Å². The highest BCUT2D eigenvalue weighted by molar-refractivity contribution is 5.43. The topological polar surface area (TPSA) is 29.3 Å². The summed E-state index contributed by atoms with van der Waals surface area (Å²) < 4.78 is 0. The minimum Gasteiger partial charge on any atom is -0.268 e. The molecule has 3 rings (SSSR count). The second-order valence-electron chi connectivity index (χ2n) is 5.72. The molecular weight excluding hydrogens is 256 g/mol. The summed E-state index contributed by atoms with van der Waals surface area (Å²) in [6.07, 6.45) is 2.47. The van der Waals surface area contributed by atoms with E-state index in [1.165, 1.54) is 24.0 Å². The van der Waals surface area contributed by atoms with E-state index < -0.39 is 0 Å². The highest BCUT2D eigenvalue weighted by Crippen LogP contribution is 2.25. The maximum atomic E-state index is 6.00. The molecule has 0 aromatic heterocycles. The average molecular weight is 276 g/mol. The van der Waals surface area contributed by atoms with Crippen molar-refractivity contribution in [3.8, 4) is 11.8 Å². The molecule has 0 radical (unpaired) electrons. The average Bonchev–Trinajstić information content (AvgIpc) is 3.33. The van der Waals surface area contributed by atoms with Crippen LogP contribution in [0.4, 0.5) is 0 Å². The Morgan fingerprint density at radius 3 is 2.00 bits per heavy atom. The largest absolute Gasteiger partial charge is 0.268 e. The predicted octanol–water partition coefficient (Wildman–Crippen LogP) is 3.23. The lowest BCUT2D eigenvalue weighted by atomic mass is 10.1. The summed E-state index contributed by atoms with van der Waals surface area (Å²) in [6.45, 7) is 2.90. The van der Waals surface area contributed by atoms with Crippen LogP contribution in [0.2, 0.25) is 0 Å². The summed E-state index contributed by atoms with van der Waals surface area (Å²) >= 11 is 0. The van der Waals surface area contributed by atoms with Crippen LogP contribution in [0.1, 0.15) is 35.1 Å². The fraction of sp³-hybridized carbons (Fsp3) is 0.263. The number of nitrogens with two attached hydrogens (primary N) is 1. The fourth-order valence-electron chi connectivity index (χ4n) is 2.22. The van der Waals surface area contributed by atoms with E-state index in [1.54, 1.807) is 0 Å². The second kappa shape index (κ2) is 6.13. The van der Waals surface area contributed by atoms with Gasteiger partial charge in [-0.05, 0) is 49.6 Å². The molecule has 0 amide bonds. The quantitative estimate of drug-likeness (QED) is 0.530. The van der Waals surface area contributed by atoms with Gasteiger partial charge in [0.25, 0.3) is 0 Å². The van der Waals surface area contributed by atoms with Gasteiger partial charge in [-0.25, -0.2) is 5.01 Å². The zero-order valence-corrected chi connectivity index (χ0v) is 12.3. The van der Waals surface area contributed by atoms with E-state index in [9.17, 15) is 0 Å². The Balaban J connectivity index is 1.65. The maximum Gasteiger partial charge on any atom is 0.0382 e. The molecule has 1 saturated carbocycles. The van der Waals surface area contributed by atoms with E-state index in [4.69, 9.17) is 5.84 Å². The van der Waals surface area contributed by atoms with Crippen LogP contribution in [0.25, 0.3) is 0 Å². The molecular formula is C19H20N2. The molecule has 0 spiro atoms. The van der Waals surface area contributed by atoms with Crippen LogP contribution in [-0.4, -0.2) is 11.1 Å². The second-order valence-corrected chi connectivity index (χ2v) is 5.72. The molecule has 2 nitrogen and oxygen atoms in total. The normalized spacial score (nSPS) is 13.9. The summed E-state index contributed by atoms with van der Waals surface area (Å²) in [5, 5.41) is 1.94. The third kappa shape index (κ3) is 3.95. The van der Waals surface area contributed by atoms with Gasteiger partial charge in [0.1, 0.15) is 0 Å². The van der Waals surface area contributed by atoms with Crippen LogP contribution < -0.4 is 5.84 Å². The van der Waals surface area contributed by atoms with Crippen LogP contribution in [0.3, 0.4) is 0 Å². The molecule has 2 aromatic carbocycles. The SMILES string of the molecule is Cc1ccc(C#Cc2ccc(CN(N)C3CC3)cc2)cc1. The van der Waals surface area contributed by atoms with Crippen molar-refractivity contribution < 1.29 is 0 Å².